The highest BCUT2D eigenvalue weighted by Gasteiger charge is 2.25. The lowest BCUT2D eigenvalue weighted by Crippen LogP contribution is -2.15. The maximum absolute atomic E-state index is 13.3. The second-order valence-electron chi connectivity index (χ2n) is 7.52. The van der Waals surface area contributed by atoms with E-state index in [1.54, 1.807) is 11.8 Å². The van der Waals surface area contributed by atoms with E-state index < -0.39 is 11.6 Å². The van der Waals surface area contributed by atoms with E-state index >= 15 is 0 Å². The van der Waals surface area contributed by atoms with E-state index in [4.69, 9.17) is 0 Å². The van der Waals surface area contributed by atoms with Gasteiger partial charge in [0, 0.05) is 38.1 Å². The van der Waals surface area contributed by atoms with Crippen molar-refractivity contribution in [1.82, 2.24) is 4.90 Å². The number of thioether (sulfide) groups is 1. The quantitative estimate of drug-likeness (QED) is 0.239. The molecule has 0 spiro atoms. The summed E-state index contributed by atoms with van der Waals surface area (Å²) in [5.74, 6) is -2.19. The predicted molar refractivity (Wildman–Crippen MR) is 134 cm³/mol. The largest absolute Gasteiger partial charge is 0.343 e. The Bertz CT molecular complexity index is 872. The Morgan fingerprint density at radius 1 is 1.19 bits per heavy atom. The third kappa shape index (κ3) is 9.52. The summed E-state index contributed by atoms with van der Waals surface area (Å²) in [6.07, 6.45) is 5.88. The molecule has 0 saturated carbocycles. The van der Waals surface area contributed by atoms with E-state index in [0.717, 1.165) is 41.0 Å². The van der Waals surface area contributed by atoms with Gasteiger partial charge in [-0.1, -0.05) is 61.2 Å². The van der Waals surface area contributed by atoms with E-state index in [2.05, 4.69) is 67.7 Å². The van der Waals surface area contributed by atoms with Gasteiger partial charge in [-0.25, -0.2) is 0 Å². The molecule has 0 amide bonds. The Labute approximate surface area is 190 Å². The number of nitrogens with zero attached hydrogens (tertiary/aromatic N) is 2. The molecular formula is C26H34F2N2S. The van der Waals surface area contributed by atoms with Gasteiger partial charge in [-0.3, -0.25) is 4.99 Å². The Balaban J connectivity index is 2.91. The van der Waals surface area contributed by atoms with Crippen molar-refractivity contribution in [2.24, 2.45) is 4.99 Å². The Hall–Kier alpha value is -2.40. The van der Waals surface area contributed by atoms with E-state index in [0.29, 0.717) is 6.42 Å². The summed E-state index contributed by atoms with van der Waals surface area (Å²) < 4.78 is 26.6. The van der Waals surface area contributed by atoms with Crippen molar-refractivity contribution >= 4 is 18.0 Å². The molecule has 0 fully saturated rings. The molecule has 0 aliphatic rings. The highest BCUT2D eigenvalue weighted by molar-refractivity contribution is 8.02. The third-order valence-electron chi connectivity index (χ3n) is 4.71. The molecule has 168 valence electrons. The van der Waals surface area contributed by atoms with Gasteiger partial charge in [-0.2, -0.15) is 8.78 Å². The summed E-state index contributed by atoms with van der Waals surface area (Å²) in [7, 11) is 0. The van der Waals surface area contributed by atoms with Crippen LogP contribution in [0.3, 0.4) is 0 Å². The van der Waals surface area contributed by atoms with Crippen LogP contribution in [0.1, 0.15) is 45.2 Å². The van der Waals surface area contributed by atoms with Crippen LogP contribution in [-0.4, -0.2) is 23.6 Å². The topological polar surface area (TPSA) is 15.6 Å². The monoisotopic (exact) mass is 444 g/mol. The Morgan fingerprint density at radius 2 is 1.81 bits per heavy atom. The van der Waals surface area contributed by atoms with Crippen molar-refractivity contribution in [2.45, 2.75) is 52.7 Å². The van der Waals surface area contributed by atoms with Crippen LogP contribution in [0.5, 0.6) is 0 Å². The Kier molecular flexibility index (Phi) is 10.7. The number of benzene rings is 1. The second kappa shape index (κ2) is 12.5. The lowest BCUT2D eigenvalue weighted by molar-refractivity contribution is 0.0628. The molecule has 0 aliphatic carbocycles. The summed E-state index contributed by atoms with van der Waals surface area (Å²) in [4.78, 5) is 5.94. The van der Waals surface area contributed by atoms with Gasteiger partial charge in [0.15, 0.2) is 0 Å². The molecule has 31 heavy (non-hydrogen) atoms. The standard InChI is InChI=1S/C26H34F2N2S/c1-9-23(16-29-21(6)26(8,27)28)15-25(19(3)4)17-30(10-2)22(7)31-18-24-13-11-20(5)12-14-24/h9,11-14,16-17H,3,6-7,10,15,18H2,1-2,4-5,8H3/b23-9-,25-17-,29-16?. The van der Waals surface area contributed by atoms with Crippen molar-refractivity contribution in [1.29, 1.82) is 0 Å². The van der Waals surface area contributed by atoms with Crippen molar-refractivity contribution in [3.8, 4) is 0 Å². The van der Waals surface area contributed by atoms with Gasteiger partial charge < -0.3 is 4.90 Å². The van der Waals surface area contributed by atoms with Crippen molar-refractivity contribution in [2.75, 3.05) is 6.54 Å². The van der Waals surface area contributed by atoms with Crippen LogP contribution >= 0.6 is 11.8 Å². The average molecular weight is 445 g/mol. The zero-order chi connectivity index (χ0) is 23.6. The molecule has 0 atom stereocenters. The summed E-state index contributed by atoms with van der Waals surface area (Å²) in [5, 5.41) is 0.941. The minimum atomic E-state index is -3.03. The Morgan fingerprint density at radius 3 is 2.29 bits per heavy atom. The second-order valence-corrected chi connectivity index (χ2v) is 8.57. The van der Waals surface area contributed by atoms with Crippen LogP contribution in [0.25, 0.3) is 0 Å². The van der Waals surface area contributed by atoms with Crippen LogP contribution in [0.4, 0.5) is 8.78 Å². The molecule has 0 radical (unpaired) electrons. The summed E-state index contributed by atoms with van der Waals surface area (Å²) >= 11 is 1.68. The number of rotatable bonds is 12. The average Bonchev–Trinajstić information content (AvgIpc) is 2.71. The number of allylic oxidation sites excluding steroid dienone is 5. The lowest BCUT2D eigenvalue weighted by Gasteiger charge is -2.23. The van der Waals surface area contributed by atoms with Gasteiger partial charge in [-0.15, -0.1) is 11.8 Å². The summed E-state index contributed by atoms with van der Waals surface area (Å²) in [5.41, 5.74) is 4.75. The molecule has 0 bridgehead atoms. The molecule has 2 nitrogen and oxygen atoms in total. The van der Waals surface area contributed by atoms with Crippen molar-refractivity contribution in [3.63, 3.8) is 0 Å². The third-order valence-corrected chi connectivity index (χ3v) is 5.75. The van der Waals surface area contributed by atoms with Gasteiger partial charge in [0.2, 0.25) is 0 Å². The maximum Gasteiger partial charge on any atom is 0.286 e. The van der Waals surface area contributed by atoms with E-state index in [1.165, 1.54) is 17.3 Å². The van der Waals surface area contributed by atoms with Crippen molar-refractivity contribution in [3.05, 3.63) is 94.9 Å². The minimum absolute atomic E-state index is 0.455. The van der Waals surface area contributed by atoms with E-state index in [9.17, 15) is 8.78 Å². The highest BCUT2D eigenvalue weighted by atomic mass is 32.2. The zero-order valence-corrected chi connectivity index (χ0v) is 20.2. The molecular weight excluding hydrogens is 410 g/mol. The van der Waals surface area contributed by atoms with Crippen LogP contribution < -0.4 is 0 Å². The summed E-state index contributed by atoms with van der Waals surface area (Å²) in [6, 6.07) is 8.48. The molecule has 1 aromatic rings. The molecule has 5 heteroatoms. The van der Waals surface area contributed by atoms with Gasteiger partial charge >= 0.3 is 0 Å². The highest BCUT2D eigenvalue weighted by Crippen LogP contribution is 2.27. The molecule has 0 aliphatic heterocycles. The normalized spacial score (nSPS) is 12.9. The smallest absolute Gasteiger partial charge is 0.286 e. The van der Waals surface area contributed by atoms with Gasteiger partial charge in [0.05, 0.1) is 5.03 Å². The molecule has 1 rings (SSSR count). The molecule has 0 N–H and O–H groups in total. The van der Waals surface area contributed by atoms with Gasteiger partial charge in [0.1, 0.15) is 5.70 Å². The number of hydrogen-bond donors (Lipinski definition) is 0. The fourth-order valence-electron chi connectivity index (χ4n) is 2.48. The first-order valence-corrected chi connectivity index (χ1v) is 11.2. The van der Waals surface area contributed by atoms with E-state index in [1.807, 2.05) is 26.1 Å². The predicted octanol–water partition coefficient (Wildman–Crippen LogP) is 8.06. The first kappa shape index (κ1) is 26.6. The lowest BCUT2D eigenvalue weighted by atomic mass is 10.0. The molecule has 0 unspecified atom stereocenters. The van der Waals surface area contributed by atoms with E-state index in [-0.39, 0.29) is 0 Å². The fourth-order valence-corrected chi connectivity index (χ4v) is 3.36. The van der Waals surface area contributed by atoms with Gasteiger partial charge in [0.25, 0.3) is 5.92 Å². The van der Waals surface area contributed by atoms with Crippen molar-refractivity contribution < 1.29 is 8.78 Å². The molecule has 0 heterocycles. The molecule has 0 aromatic heterocycles. The SMILES string of the molecule is C=C(C)/C(=C\N(CC)C(=C)SCc1ccc(C)cc1)C/C(C=NC(=C)C(C)(F)F)=C/C. The maximum atomic E-state index is 13.3. The number of hydrogen-bond acceptors (Lipinski definition) is 3. The van der Waals surface area contributed by atoms with Gasteiger partial charge in [-0.05, 0) is 44.4 Å². The minimum Gasteiger partial charge on any atom is -0.343 e. The number of aliphatic imine (C=N–C) groups is 1. The zero-order valence-electron chi connectivity index (χ0n) is 19.3. The van der Waals surface area contributed by atoms with Crippen LogP contribution in [0.15, 0.2) is 88.7 Å². The summed E-state index contributed by atoms with van der Waals surface area (Å²) in [6.45, 7) is 21.2. The number of aryl methyl sites for hydroxylation is 1. The number of alkyl halides is 2. The molecule has 0 saturated heterocycles. The molecule has 1 aromatic carbocycles. The van der Waals surface area contributed by atoms with Crippen LogP contribution in [0.2, 0.25) is 0 Å². The van der Waals surface area contributed by atoms with Crippen LogP contribution in [0, 0.1) is 6.92 Å². The fraction of sp³-hybridized carbons (Fsp3) is 0.346. The number of halogens is 2. The first-order chi connectivity index (χ1) is 14.5. The first-order valence-electron chi connectivity index (χ1n) is 10.2. The van der Waals surface area contributed by atoms with Crippen LogP contribution in [-0.2, 0) is 5.75 Å².